The van der Waals surface area contributed by atoms with Crippen molar-refractivity contribution in [3.05, 3.63) is 44.6 Å². The Bertz CT molecular complexity index is 565. The van der Waals surface area contributed by atoms with Crippen LogP contribution in [-0.2, 0) is 16.6 Å². The Morgan fingerprint density at radius 3 is 2.82 bits per heavy atom. The number of nitrogens with two attached hydrogens (primary N) is 1. The van der Waals surface area contributed by atoms with Gasteiger partial charge >= 0.3 is 0 Å². The molecule has 90 valence electrons. The summed E-state index contributed by atoms with van der Waals surface area (Å²) in [5, 5.41) is 1.99. The monoisotopic (exact) mass is 329 g/mol. The molecule has 0 saturated carbocycles. The van der Waals surface area contributed by atoms with Crippen molar-refractivity contribution in [3.8, 4) is 0 Å². The van der Waals surface area contributed by atoms with Gasteiger partial charge in [0, 0.05) is 19.9 Å². The summed E-state index contributed by atoms with van der Waals surface area (Å²) in [6.07, 6.45) is 0. The summed E-state index contributed by atoms with van der Waals surface area (Å²) in [4.78, 5) is 1.93. The highest BCUT2D eigenvalue weighted by molar-refractivity contribution is 9.10. The Balaban J connectivity index is 2.27. The van der Waals surface area contributed by atoms with Crippen LogP contribution in [0.3, 0.4) is 0 Å². The van der Waals surface area contributed by atoms with Crippen LogP contribution in [0.1, 0.15) is 10.4 Å². The average Bonchev–Trinajstić information content (AvgIpc) is 2.68. The molecular formula is C12H12BrNOS2. The minimum atomic E-state index is -1.04. The van der Waals surface area contributed by atoms with Crippen LogP contribution in [0, 0.1) is 6.92 Å². The summed E-state index contributed by atoms with van der Waals surface area (Å²) in [5.41, 5.74) is 7.43. The molecule has 0 spiro atoms. The van der Waals surface area contributed by atoms with Crippen molar-refractivity contribution in [2.75, 3.05) is 5.73 Å². The zero-order valence-electron chi connectivity index (χ0n) is 9.27. The lowest BCUT2D eigenvalue weighted by Crippen LogP contribution is -2.00. The number of hydrogen-bond donors (Lipinski definition) is 1. The molecule has 1 heterocycles. The first-order valence-electron chi connectivity index (χ1n) is 5.05. The van der Waals surface area contributed by atoms with E-state index in [4.69, 9.17) is 5.73 Å². The predicted molar refractivity (Wildman–Crippen MR) is 77.7 cm³/mol. The molecule has 2 aromatic rings. The lowest BCUT2D eigenvalue weighted by molar-refractivity contribution is 0.682. The number of halogens is 1. The number of benzene rings is 1. The molecule has 0 aliphatic rings. The van der Waals surface area contributed by atoms with Gasteiger partial charge in [0.2, 0.25) is 0 Å². The third-order valence-electron chi connectivity index (χ3n) is 2.52. The van der Waals surface area contributed by atoms with Crippen LogP contribution >= 0.6 is 27.3 Å². The maximum absolute atomic E-state index is 12.3. The average molecular weight is 330 g/mol. The molecule has 0 amide bonds. The van der Waals surface area contributed by atoms with Gasteiger partial charge in [-0.3, -0.25) is 4.21 Å². The van der Waals surface area contributed by atoms with E-state index >= 15 is 0 Å². The summed E-state index contributed by atoms with van der Waals surface area (Å²) in [6, 6.07) is 7.53. The van der Waals surface area contributed by atoms with Crippen molar-refractivity contribution < 1.29 is 4.21 Å². The quantitative estimate of drug-likeness (QED) is 0.872. The summed E-state index contributed by atoms with van der Waals surface area (Å²) in [6.45, 7) is 1.91. The van der Waals surface area contributed by atoms with Crippen molar-refractivity contribution in [2.45, 2.75) is 17.6 Å². The Labute approximate surface area is 115 Å². The molecule has 1 atom stereocenters. The zero-order valence-corrected chi connectivity index (χ0v) is 12.5. The fourth-order valence-corrected chi connectivity index (χ4v) is 4.80. The van der Waals surface area contributed by atoms with E-state index in [2.05, 4.69) is 15.9 Å². The number of rotatable bonds is 3. The smallest absolute Gasteiger partial charge is 0.0638 e. The third kappa shape index (κ3) is 2.78. The molecule has 1 aromatic heterocycles. The Hall–Kier alpha value is -0.650. The van der Waals surface area contributed by atoms with Crippen molar-refractivity contribution in [1.29, 1.82) is 0 Å². The molecule has 17 heavy (non-hydrogen) atoms. The summed E-state index contributed by atoms with van der Waals surface area (Å²) in [5.74, 6) is 0.530. The lowest BCUT2D eigenvalue weighted by atomic mass is 10.2. The van der Waals surface area contributed by atoms with Gasteiger partial charge < -0.3 is 5.73 Å². The molecule has 2 nitrogen and oxygen atoms in total. The van der Waals surface area contributed by atoms with E-state index in [1.807, 2.05) is 36.6 Å². The minimum absolute atomic E-state index is 0.530. The molecule has 0 bridgehead atoms. The second kappa shape index (κ2) is 5.33. The maximum Gasteiger partial charge on any atom is 0.0638 e. The highest BCUT2D eigenvalue weighted by Crippen LogP contribution is 2.27. The van der Waals surface area contributed by atoms with Gasteiger partial charge in [0.25, 0.3) is 0 Å². The van der Waals surface area contributed by atoms with E-state index in [1.165, 1.54) is 0 Å². The Morgan fingerprint density at radius 1 is 1.41 bits per heavy atom. The Morgan fingerprint density at radius 2 is 2.18 bits per heavy atom. The second-order valence-electron chi connectivity index (χ2n) is 3.65. The molecule has 5 heteroatoms. The highest BCUT2D eigenvalue weighted by atomic mass is 79.9. The number of hydrogen-bond acceptors (Lipinski definition) is 3. The van der Waals surface area contributed by atoms with Crippen molar-refractivity contribution in [3.63, 3.8) is 0 Å². The maximum atomic E-state index is 12.3. The third-order valence-corrected chi connectivity index (χ3v) is 6.12. The van der Waals surface area contributed by atoms with Crippen LogP contribution in [0.5, 0.6) is 0 Å². The van der Waals surface area contributed by atoms with E-state index < -0.39 is 10.8 Å². The van der Waals surface area contributed by atoms with Crippen molar-refractivity contribution in [1.82, 2.24) is 0 Å². The number of nitrogen functional groups attached to an aromatic ring is 1. The van der Waals surface area contributed by atoms with Crippen LogP contribution in [-0.4, -0.2) is 4.21 Å². The standard InChI is InChI=1S/C12H12BrNOS2/c1-8-10(14)3-2-4-12(8)17(15)7-11-9(13)5-6-16-11/h2-6H,7,14H2,1H3. The van der Waals surface area contributed by atoms with Crippen LogP contribution < -0.4 is 5.73 Å². The largest absolute Gasteiger partial charge is 0.398 e. The van der Waals surface area contributed by atoms with E-state index in [9.17, 15) is 4.21 Å². The summed E-state index contributed by atoms with van der Waals surface area (Å²) in [7, 11) is -1.04. The van der Waals surface area contributed by atoms with Crippen molar-refractivity contribution >= 4 is 43.8 Å². The number of thiophene rings is 1. The van der Waals surface area contributed by atoms with Gasteiger partial charge in [-0.1, -0.05) is 6.07 Å². The van der Waals surface area contributed by atoms with E-state index in [0.29, 0.717) is 11.4 Å². The molecular weight excluding hydrogens is 318 g/mol. The second-order valence-corrected chi connectivity index (χ2v) is 6.93. The van der Waals surface area contributed by atoms with Gasteiger partial charge in [0.15, 0.2) is 0 Å². The summed E-state index contributed by atoms with van der Waals surface area (Å²) < 4.78 is 13.3. The topological polar surface area (TPSA) is 43.1 Å². The predicted octanol–water partition coefficient (Wildman–Crippen LogP) is 3.71. The number of anilines is 1. The highest BCUT2D eigenvalue weighted by Gasteiger charge is 2.12. The molecule has 0 fully saturated rings. The molecule has 1 unspecified atom stereocenters. The first-order valence-corrected chi connectivity index (χ1v) is 8.04. The molecule has 0 aliphatic carbocycles. The van der Waals surface area contributed by atoms with Crippen LogP contribution in [0.25, 0.3) is 0 Å². The fourth-order valence-electron chi connectivity index (χ4n) is 1.50. The van der Waals surface area contributed by atoms with E-state index in [-0.39, 0.29) is 0 Å². The lowest BCUT2D eigenvalue weighted by Gasteiger charge is -2.07. The molecule has 0 radical (unpaired) electrons. The van der Waals surface area contributed by atoms with Crippen molar-refractivity contribution in [2.24, 2.45) is 0 Å². The zero-order chi connectivity index (χ0) is 12.4. The minimum Gasteiger partial charge on any atom is -0.398 e. The molecule has 2 N–H and O–H groups in total. The molecule has 2 rings (SSSR count). The molecule has 1 aromatic carbocycles. The van der Waals surface area contributed by atoms with Gasteiger partial charge in [-0.2, -0.15) is 0 Å². The Kier molecular flexibility index (Phi) is 4.01. The summed E-state index contributed by atoms with van der Waals surface area (Å²) >= 11 is 5.06. The van der Waals surface area contributed by atoms with Gasteiger partial charge in [-0.15, -0.1) is 11.3 Å². The van der Waals surface area contributed by atoms with Crippen LogP contribution in [0.15, 0.2) is 39.0 Å². The van der Waals surface area contributed by atoms with Gasteiger partial charge in [-0.25, -0.2) is 0 Å². The molecule has 0 saturated heterocycles. The fraction of sp³-hybridized carbons (Fsp3) is 0.167. The molecule has 0 aliphatic heterocycles. The van der Waals surface area contributed by atoms with E-state index in [0.717, 1.165) is 19.8 Å². The normalized spacial score (nSPS) is 12.6. The van der Waals surface area contributed by atoms with E-state index in [1.54, 1.807) is 11.3 Å². The first kappa shape index (κ1) is 12.8. The van der Waals surface area contributed by atoms with Gasteiger partial charge in [0.05, 0.1) is 16.6 Å². The van der Waals surface area contributed by atoms with Gasteiger partial charge in [-0.05, 0) is 52.0 Å². The van der Waals surface area contributed by atoms with Crippen LogP contribution in [0.2, 0.25) is 0 Å². The van der Waals surface area contributed by atoms with Crippen LogP contribution in [0.4, 0.5) is 5.69 Å². The first-order chi connectivity index (χ1) is 8.09. The van der Waals surface area contributed by atoms with Gasteiger partial charge in [0.1, 0.15) is 0 Å². The SMILES string of the molecule is Cc1c(N)cccc1S(=O)Cc1sccc1Br.